The average molecular weight is 464 g/mol. The van der Waals surface area contributed by atoms with Gasteiger partial charge in [0.15, 0.2) is 0 Å². The molecule has 0 aromatic heterocycles. The van der Waals surface area contributed by atoms with Crippen molar-refractivity contribution in [2.75, 3.05) is 25.2 Å². The van der Waals surface area contributed by atoms with Crippen molar-refractivity contribution in [1.82, 2.24) is 5.32 Å². The summed E-state index contributed by atoms with van der Waals surface area (Å²) in [5, 5.41) is 11.8. The van der Waals surface area contributed by atoms with Gasteiger partial charge in [-0.3, -0.25) is 10.6 Å². The molecule has 35 heavy (non-hydrogen) atoms. The number of nitrogens with zero attached hydrogens (tertiary/aromatic N) is 2. The normalized spacial score (nSPS) is 14.9. The first-order valence-electron chi connectivity index (χ1n) is 11.6. The Bertz CT molecular complexity index is 1260. The maximum absolute atomic E-state index is 6.18. The highest BCUT2D eigenvalue weighted by molar-refractivity contribution is 5.83. The molecule has 5 rings (SSSR count). The van der Waals surface area contributed by atoms with Crippen LogP contribution in [0.15, 0.2) is 109 Å². The maximum Gasteiger partial charge on any atom is 0.144 e. The Kier molecular flexibility index (Phi) is 7.12. The molecule has 176 valence electrons. The quantitative estimate of drug-likeness (QED) is 0.215. The number of fused-ring (bicyclic) bond motifs is 2. The van der Waals surface area contributed by atoms with Crippen LogP contribution in [0.1, 0.15) is 5.56 Å². The van der Waals surface area contributed by atoms with Crippen LogP contribution in [-0.2, 0) is 0 Å². The first-order valence-corrected chi connectivity index (χ1v) is 11.6. The molecule has 0 atom stereocenters. The van der Waals surface area contributed by atoms with Gasteiger partial charge < -0.3 is 19.4 Å². The lowest BCUT2D eigenvalue weighted by molar-refractivity contribution is -0.420. The van der Waals surface area contributed by atoms with E-state index < -0.39 is 0 Å². The Morgan fingerprint density at radius 1 is 0.714 bits per heavy atom. The Balaban J connectivity index is 1.56. The highest BCUT2D eigenvalue weighted by Gasteiger charge is 2.15. The van der Waals surface area contributed by atoms with E-state index in [1.807, 2.05) is 108 Å². The van der Waals surface area contributed by atoms with Crippen molar-refractivity contribution in [1.29, 1.82) is 0 Å². The van der Waals surface area contributed by atoms with Gasteiger partial charge in [0.25, 0.3) is 0 Å². The van der Waals surface area contributed by atoms with E-state index in [-0.39, 0.29) is 0 Å². The van der Waals surface area contributed by atoms with Gasteiger partial charge >= 0.3 is 0 Å². The van der Waals surface area contributed by atoms with E-state index >= 15 is 0 Å². The second-order valence-corrected chi connectivity index (χ2v) is 7.86. The third-order valence-corrected chi connectivity index (χ3v) is 5.52. The van der Waals surface area contributed by atoms with E-state index in [0.717, 1.165) is 40.3 Å². The van der Waals surface area contributed by atoms with Crippen LogP contribution in [0.5, 0.6) is 11.5 Å². The Hall–Kier alpha value is -4.42. The van der Waals surface area contributed by atoms with Crippen LogP contribution in [0, 0.1) is 6.17 Å². The molecule has 1 heterocycles. The number of anilines is 1. The monoisotopic (exact) mass is 463 g/mol. The zero-order chi connectivity index (χ0) is 23.7. The minimum Gasteiger partial charge on any atom is -0.524 e. The first kappa shape index (κ1) is 22.4. The molecule has 0 saturated heterocycles. The number of benzene rings is 4. The molecule has 0 aliphatic carbocycles. The minimum absolute atomic E-state index is 0.413. The van der Waals surface area contributed by atoms with Crippen LogP contribution in [0.4, 0.5) is 17.1 Å². The maximum atomic E-state index is 6.18. The smallest absolute Gasteiger partial charge is 0.144 e. The molecule has 6 nitrogen and oxygen atoms in total. The zero-order valence-corrected chi connectivity index (χ0v) is 19.3. The summed E-state index contributed by atoms with van der Waals surface area (Å²) >= 11 is 0. The number of hydrogen-bond donors (Lipinski definition) is 2. The number of ether oxygens (including phenoxy) is 2. The van der Waals surface area contributed by atoms with Gasteiger partial charge in [-0.2, -0.15) is 0 Å². The van der Waals surface area contributed by atoms with E-state index in [4.69, 9.17) is 14.8 Å². The highest BCUT2D eigenvalue weighted by atomic mass is 16.5. The van der Waals surface area contributed by atoms with Gasteiger partial charge in [0.05, 0.1) is 18.1 Å². The first-order chi connectivity index (χ1) is 17.4. The van der Waals surface area contributed by atoms with E-state index in [1.54, 1.807) is 0 Å². The van der Waals surface area contributed by atoms with Crippen molar-refractivity contribution in [3.63, 3.8) is 0 Å². The third-order valence-electron chi connectivity index (χ3n) is 5.52. The summed E-state index contributed by atoms with van der Waals surface area (Å²) in [4.78, 5) is 0. The lowest BCUT2D eigenvalue weighted by Crippen LogP contribution is -2.35. The molecule has 4 aromatic rings. The van der Waals surface area contributed by atoms with E-state index in [9.17, 15) is 0 Å². The fourth-order valence-electron chi connectivity index (χ4n) is 3.84. The van der Waals surface area contributed by atoms with Crippen LogP contribution in [-0.4, -0.2) is 30.8 Å². The van der Waals surface area contributed by atoms with Crippen molar-refractivity contribution in [2.45, 2.75) is 0 Å². The molecule has 0 fully saturated rings. The van der Waals surface area contributed by atoms with Crippen LogP contribution in [0.3, 0.4) is 0 Å². The predicted octanol–water partition coefficient (Wildman–Crippen LogP) is 6.03. The summed E-state index contributed by atoms with van der Waals surface area (Å²) in [5.74, 6) is 1.48. The van der Waals surface area contributed by atoms with Crippen LogP contribution >= 0.6 is 0 Å². The molecule has 0 saturated carbocycles. The number of nitrogens with one attached hydrogen (secondary N) is 2. The summed E-state index contributed by atoms with van der Waals surface area (Å²) in [5.41, 5.74) is 3.67. The summed E-state index contributed by atoms with van der Waals surface area (Å²) in [7, 11) is 0. The molecule has 1 aliphatic rings. The average Bonchev–Trinajstić information content (AvgIpc) is 2.92. The SMILES string of the molecule is C1=[N+](/c2ccccc2)[C-](NCNc2ccccc2)c2ccccc2OCCOc2ccccc2[N-]/1. The lowest BCUT2D eigenvalue weighted by atomic mass is 10.1. The van der Waals surface area contributed by atoms with Gasteiger partial charge in [-0.1, -0.05) is 78.9 Å². The second-order valence-electron chi connectivity index (χ2n) is 7.86. The second kappa shape index (κ2) is 11.1. The van der Waals surface area contributed by atoms with Crippen molar-refractivity contribution < 1.29 is 14.0 Å². The topological polar surface area (TPSA) is 59.6 Å². The Morgan fingerprint density at radius 3 is 2.14 bits per heavy atom. The molecule has 0 unspecified atom stereocenters. The van der Waals surface area contributed by atoms with Gasteiger partial charge in [0.2, 0.25) is 0 Å². The molecular weight excluding hydrogens is 436 g/mol. The van der Waals surface area contributed by atoms with Crippen molar-refractivity contribution in [3.05, 3.63) is 126 Å². The van der Waals surface area contributed by atoms with Gasteiger partial charge in [-0.15, -0.1) is 6.07 Å². The van der Waals surface area contributed by atoms with Gasteiger partial charge in [0.1, 0.15) is 19.0 Å². The van der Waals surface area contributed by atoms with E-state index in [0.29, 0.717) is 19.9 Å². The van der Waals surface area contributed by atoms with Gasteiger partial charge in [-0.25, -0.2) is 0 Å². The standard InChI is InChI=1S/C29H27N4O2/c1-3-11-23(12-4-1)30-21-31-29-25-15-7-9-17-27(25)34-19-20-35-28-18-10-8-16-26(28)32-22-33(29)24-13-5-2-6-14-24/h1-18,22,30-31H,19-21H2/q-1. The van der Waals surface area contributed by atoms with E-state index in [1.165, 1.54) is 0 Å². The van der Waals surface area contributed by atoms with Crippen molar-refractivity contribution in [3.8, 4) is 11.5 Å². The van der Waals surface area contributed by atoms with Crippen molar-refractivity contribution in [2.24, 2.45) is 0 Å². The molecule has 0 spiro atoms. The lowest BCUT2D eigenvalue weighted by Gasteiger charge is -2.34. The Morgan fingerprint density at radius 2 is 1.34 bits per heavy atom. The molecule has 0 radical (unpaired) electrons. The third kappa shape index (κ3) is 5.57. The van der Waals surface area contributed by atoms with Crippen LogP contribution in [0.2, 0.25) is 0 Å². The van der Waals surface area contributed by atoms with Gasteiger partial charge in [0, 0.05) is 18.2 Å². The van der Waals surface area contributed by atoms with Crippen molar-refractivity contribution >= 4 is 23.4 Å². The minimum atomic E-state index is 0.413. The Labute approximate surface area is 205 Å². The fourth-order valence-corrected chi connectivity index (χ4v) is 3.84. The van der Waals surface area contributed by atoms with Crippen LogP contribution < -0.4 is 20.1 Å². The molecule has 0 bridgehead atoms. The largest absolute Gasteiger partial charge is 0.524 e. The summed E-state index contributed by atoms with van der Waals surface area (Å²) in [6, 6.07) is 36.0. The molecule has 2 N–H and O–H groups in total. The summed E-state index contributed by atoms with van der Waals surface area (Å²) in [6.45, 7) is 1.34. The molecule has 4 aromatic carbocycles. The van der Waals surface area contributed by atoms with Crippen LogP contribution in [0.25, 0.3) is 5.32 Å². The number of para-hydroxylation sites is 5. The van der Waals surface area contributed by atoms with E-state index in [2.05, 4.69) is 22.8 Å². The zero-order valence-electron chi connectivity index (χ0n) is 19.3. The fraction of sp³-hybridized carbons (Fsp3) is 0.103. The molecule has 6 heteroatoms. The number of hydrogen-bond acceptors (Lipinski definition) is 4. The summed E-state index contributed by atoms with van der Waals surface area (Å²) in [6.07, 6.45) is 2.67. The number of rotatable bonds is 5. The molecule has 0 amide bonds. The van der Waals surface area contributed by atoms with Gasteiger partial charge in [-0.05, 0) is 35.5 Å². The highest BCUT2D eigenvalue weighted by Crippen LogP contribution is 2.33. The molecular formula is C29H27N4O2-. The predicted molar refractivity (Wildman–Crippen MR) is 140 cm³/mol. The molecule has 1 aliphatic heterocycles. The summed E-state index contributed by atoms with van der Waals surface area (Å²) < 4.78 is 14.2.